The first kappa shape index (κ1) is 12.2. The van der Waals surface area contributed by atoms with Crippen LogP contribution < -0.4 is 11.3 Å². The highest BCUT2D eigenvalue weighted by atomic mass is 32.1. The van der Waals surface area contributed by atoms with Gasteiger partial charge in [-0.25, -0.2) is 0 Å². The van der Waals surface area contributed by atoms with Crippen LogP contribution in [-0.4, -0.2) is 19.4 Å². The summed E-state index contributed by atoms with van der Waals surface area (Å²) in [5.74, 6) is 5.59. The molecule has 0 saturated carbocycles. The van der Waals surface area contributed by atoms with Gasteiger partial charge in [0.1, 0.15) is 0 Å². The molecule has 1 unspecified atom stereocenters. The van der Waals surface area contributed by atoms with Gasteiger partial charge in [0.2, 0.25) is 0 Å². The zero-order chi connectivity index (χ0) is 12.3. The number of hydrazine groups is 1. The Morgan fingerprint density at radius 1 is 1.59 bits per heavy atom. The van der Waals surface area contributed by atoms with E-state index >= 15 is 0 Å². The topological polar surface area (TPSA) is 81.7 Å². The summed E-state index contributed by atoms with van der Waals surface area (Å²) in [6.45, 7) is 1.95. The second kappa shape index (κ2) is 5.35. The lowest BCUT2D eigenvalue weighted by Crippen LogP contribution is -2.28. The molecule has 0 aromatic carbocycles. The van der Waals surface area contributed by atoms with Gasteiger partial charge in [-0.15, -0.1) is 5.10 Å². The lowest BCUT2D eigenvalue weighted by molar-refractivity contribution is 0.511. The van der Waals surface area contributed by atoms with Gasteiger partial charge in [0, 0.05) is 18.9 Å². The molecular formula is C10H16N6S. The third-order valence-corrected chi connectivity index (χ3v) is 3.76. The van der Waals surface area contributed by atoms with E-state index in [1.165, 1.54) is 17.2 Å². The molecular weight excluding hydrogens is 236 g/mol. The van der Waals surface area contributed by atoms with Gasteiger partial charge in [-0.1, -0.05) is 4.49 Å². The van der Waals surface area contributed by atoms with E-state index in [1.54, 1.807) is 6.20 Å². The normalized spacial score (nSPS) is 12.9. The predicted octanol–water partition coefficient (Wildman–Crippen LogP) is 0.717. The van der Waals surface area contributed by atoms with Crippen LogP contribution in [0.1, 0.15) is 28.7 Å². The molecule has 7 heteroatoms. The van der Waals surface area contributed by atoms with E-state index in [9.17, 15) is 0 Å². The minimum atomic E-state index is 0.102. The average molecular weight is 252 g/mol. The van der Waals surface area contributed by atoms with Crippen molar-refractivity contribution in [3.63, 3.8) is 0 Å². The van der Waals surface area contributed by atoms with Crippen LogP contribution in [0, 0.1) is 6.92 Å². The van der Waals surface area contributed by atoms with E-state index in [0.29, 0.717) is 0 Å². The van der Waals surface area contributed by atoms with Crippen LogP contribution in [0.25, 0.3) is 0 Å². The fourth-order valence-corrected chi connectivity index (χ4v) is 2.52. The largest absolute Gasteiger partial charge is 0.273 e. The van der Waals surface area contributed by atoms with Crippen LogP contribution in [-0.2, 0) is 13.5 Å². The molecule has 0 bridgehead atoms. The van der Waals surface area contributed by atoms with Crippen LogP contribution in [0.2, 0.25) is 0 Å². The second-order valence-corrected chi connectivity index (χ2v) is 4.71. The quantitative estimate of drug-likeness (QED) is 0.605. The number of aryl methyl sites for hydroxylation is 3. The van der Waals surface area contributed by atoms with Crippen molar-refractivity contribution in [2.75, 3.05) is 0 Å². The van der Waals surface area contributed by atoms with E-state index in [4.69, 9.17) is 5.84 Å². The Balaban J connectivity index is 2.02. The number of hydrogen-bond donors (Lipinski definition) is 2. The third kappa shape index (κ3) is 2.68. The van der Waals surface area contributed by atoms with Crippen LogP contribution >= 0.6 is 11.5 Å². The summed E-state index contributed by atoms with van der Waals surface area (Å²) in [6.07, 6.45) is 3.63. The summed E-state index contributed by atoms with van der Waals surface area (Å²) in [4.78, 5) is 1.11. The number of hydrogen-bond acceptors (Lipinski definition) is 6. The zero-order valence-corrected chi connectivity index (χ0v) is 10.7. The van der Waals surface area contributed by atoms with Crippen molar-refractivity contribution in [2.45, 2.75) is 25.8 Å². The van der Waals surface area contributed by atoms with Gasteiger partial charge in [-0.2, -0.15) is 5.10 Å². The minimum Gasteiger partial charge on any atom is -0.273 e. The Morgan fingerprint density at radius 3 is 2.94 bits per heavy atom. The first-order valence-electron chi connectivity index (χ1n) is 5.44. The van der Waals surface area contributed by atoms with Crippen LogP contribution in [0.15, 0.2) is 12.3 Å². The number of nitrogens with zero attached hydrogens (tertiary/aromatic N) is 4. The van der Waals surface area contributed by atoms with E-state index in [1.807, 2.05) is 24.7 Å². The SMILES string of the molecule is Cc1nnsc1C(CCc1ccnn1C)NN. The molecule has 0 radical (unpaired) electrons. The fourth-order valence-electron chi connectivity index (χ4n) is 1.79. The summed E-state index contributed by atoms with van der Waals surface area (Å²) < 4.78 is 5.81. The predicted molar refractivity (Wildman–Crippen MR) is 66.2 cm³/mol. The number of rotatable bonds is 5. The summed E-state index contributed by atoms with van der Waals surface area (Å²) >= 11 is 1.40. The van der Waals surface area contributed by atoms with E-state index in [0.717, 1.165) is 23.4 Å². The van der Waals surface area contributed by atoms with Gasteiger partial charge in [0.25, 0.3) is 0 Å². The highest BCUT2D eigenvalue weighted by molar-refractivity contribution is 7.05. The Kier molecular flexibility index (Phi) is 3.82. The van der Waals surface area contributed by atoms with Gasteiger partial charge < -0.3 is 0 Å². The van der Waals surface area contributed by atoms with E-state index in [2.05, 4.69) is 20.1 Å². The number of nitrogens with one attached hydrogen (secondary N) is 1. The van der Waals surface area contributed by atoms with Crippen LogP contribution in [0.5, 0.6) is 0 Å². The van der Waals surface area contributed by atoms with Crippen LogP contribution in [0.3, 0.4) is 0 Å². The third-order valence-electron chi connectivity index (χ3n) is 2.82. The van der Waals surface area contributed by atoms with Crippen molar-refractivity contribution in [3.05, 3.63) is 28.5 Å². The monoisotopic (exact) mass is 252 g/mol. The molecule has 1 atom stereocenters. The molecule has 17 heavy (non-hydrogen) atoms. The van der Waals surface area contributed by atoms with Crippen molar-refractivity contribution in [2.24, 2.45) is 12.9 Å². The summed E-state index contributed by atoms with van der Waals surface area (Å²) in [7, 11) is 1.94. The lowest BCUT2D eigenvalue weighted by atomic mass is 10.1. The Labute approximate surface area is 104 Å². The van der Waals surface area contributed by atoms with Gasteiger partial charge in [-0.05, 0) is 37.4 Å². The van der Waals surface area contributed by atoms with Crippen molar-refractivity contribution in [1.82, 2.24) is 24.8 Å². The molecule has 2 aromatic rings. The zero-order valence-electron chi connectivity index (χ0n) is 9.92. The molecule has 2 rings (SSSR count). The second-order valence-electron chi connectivity index (χ2n) is 3.93. The smallest absolute Gasteiger partial charge is 0.0773 e. The van der Waals surface area contributed by atoms with E-state index in [-0.39, 0.29) is 6.04 Å². The minimum absolute atomic E-state index is 0.102. The highest BCUT2D eigenvalue weighted by Crippen LogP contribution is 2.23. The molecule has 0 aliphatic heterocycles. The molecule has 92 valence electrons. The maximum absolute atomic E-state index is 5.59. The Morgan fingerprint density at radius 2 is 2.41 bits per heavy atom. The average Bonchev–Trinajstić information content (AvgIpc) is 2.90. The summed E-state index contributed by atoms with van der Waals surface area (Å²) in [5, 5.41) is 8.15. The van der Waals surface area contributed by atoms with E-state index < -0.39 is 0 Å². The van der Waals surface area contributed by atoms with Gasteiger partial charge in [-0.3, -0.25) is 16.0 Å². The van der Waals surface area contributed by atoms with Gasteiger partial charge in [0.15, 0.2) is 0 Å². The van der Waals surface area contributed by atoms with Crippen molar-refractivity contribution in [3.8, 4) is 0 Å². The molecule has 2 heterocycles. The molecule has 0 saturated heterocycles. The van der Waals surface area contributed by atoms with Gasteiger partial charge >= 0.3 is 0 Å². The first-order chi connectivity index (χ1) is 8.22. The molecule has 2 aromatic heterocycles. The first-order valence-corrected chi connectivity index (χ1v) is 6.21. The van der Waals surface area contributed by atoms with Crippen LogP contribution in [0.4, 0.5) is 0 Å². The molecule has 0 aliphatic carbocycles. The molecule has 0 amide bonds. The summed E-state index contributed by atoms with van der Waals surface area (Å²) in [6, 6.07) is 2.12. The number of aromatic nitrogens is 4. The summed E-state index contributed by atoms with van der Waals surface area (Å²) in [5.41, 5.74) is 4.97. The Hall–Kier alpha value is -1.31. The maximum atomic E-state index is 5.59. The maximum Gasteiger partial charge on any atom is 0.0773 e. The standard InChI is InChI=1S/C10H16N6S/c1-7-10(17-15-14-7)9(13-11)4-3-8-5-6-12-16(8)2/h5-6,9,13H,3-4,11H2,1-2H3. The molecule has 0 aliphatic rings. The highest BCUT2D eigenvalue weighted by Gasteiger charge is 2.16. The van der Waals surface area contributed by atoms with Gasteiger partial charge in [0.05, 0.1) is 16.6 Å². The molecule has 0 spiro atoms. The lowest BCUT2D eigenvalue weighted by Gasteiger charge is -2.14. The van der Waals surface area contributed by atoms with Crippen molar-refractivity contribution >= 4 is 11.5 Å². The molecule has 6 nitrogen and oxygen atoms in total. The molecule has 0 fully saturated rings. The fraction of sp³-hybridized carbons (Fsp3) is 0.500. The van der Waals surface area contributed by atoms with Crippen molar-refractivity contribution < 1.29 is 0 Å². The number of nitrogens with two attached hydrogens (primary N) is 1. The molecule has 3 N–H and O–H groups in total. The Bertz CT molecular complexity index is 477. The van der Waals surface area contributed by atoms with Crippen molar-refractivity contribution in [1.29, 1.82) is 0 Å².